The smallest absolute Gasteiger partial charge is 0.251 e. The van der Waals surface area contributed by atoms with E-state index in [9.17, 15) is 4.79 Å². The molecule has 5 nitrogen and oxygen atoms in total. The number of carbonyl (C=O) groups is 1. The highest BCUT2D eigenvalue weighted by Gasteiger charge is 2.41. The van der Waals surface area contributed by atoms with Crippen molar-refractivity contribution in [2.45, 2.75) is 25.3 Å². The van der Waals surface area contributed by atoms with Gasteiger partial charge in [0.1, 0.15) is 11.5 Å². The molecule has 1 heterocycles. The first-order chi connectivity index (χ1) is 11.5. The number of ether oxygens (including phenoxy) is 1. The molecule has 0 radical (unpaired) electrons. The largest absolute Gasteiger partial charge is 0.456 e. The normalized spacial score (nSPS) is 16.3. The minimum atomic E-state index is -0.365. The van der Waals surface area contributed by atoms with E-state index in [4.69, 9.17) is 22.1 Å². The fraction of sp³-hybridized carbons (Fsp3) is 0.333. The molecule has 1 aliphatic rings. The molecular weight excluding hydrogens is 326 g/mol. The van der Waals surface area contributed by atoms with Gasteiger partial charge in [0.25, 0.3) is 5.91 Å². The highest BCUT2D eigenvalue weighted by atomic mass is 35.5. The Morgan fingerprint density at radius 1 is 1.38 bits per heavy atom. The molecule has 3 N–H and O–H groups in total. The molecule has 0 saturated heterocycles. The summed E-state index contributed by atoms with van der Waals surface area (Å²) in [5, 5.41) is 3.42. The molecule has 1 atom stereocenters. The predicted molar refractivity (Wildman–Crippen MR) is 93.4 cm³/mol. The Balaban J connectivity index is 1.73. The Morgan fingerprint density at radius 2 is 2.08 bits per heavy atom. The van der Waals surface area contributed by atoms with Gasteiger partial charge in [0, 0.05) is 24.5 Å². The average Bonchev–Trinajstić information content (AvgIpc) is 3.43. The van der Waals surface area contributed by atoms with E-state index >= 15 is 0 Å². The van der Waals surface area contributed by atoms with E-state index in [-0.39, 0.29) is 11.4 Å². The second-order valence-electron chi connectivity index (χ2n) is 6.28. The summed E-state index contributed by atoms with van der Waals surface area (Å²) in [5.41, 5.74) is 5.97. The molecule has 1 aliphatic carbocycles. The van der Waals surface area contributed by atoms with E-state index in [1.165, 1.54) is 0 Å². The van der Waals surface area contributed by atoms with Gasteiger partial charge in [-0.15, -0.1) is 0 Å². The molecule has 1 amide bonds. The molecule has 0 aliphatic heterocycles. The molecule has 0 spiro atoms. The molecule has 1 aromatic carbocycles. The maximum absolute atomic E-state index is 12.5. The van der Waals surface area contributed by atoms with Crippen LogP contribution in [0.15, 0.2) is 42.7 Å². The van der Waals surface area contributed by atoms with Crippen LogP contribution in [0.2, 0.25) is 5.02 Å². The highest BCUT2D eigenvalue weighted by molar-refractivity contribution is 6.32. The Hall–Kier alpha value is -2.11. The number of rotatable bonds is 6. The number of hydrogen-bond acceptors (Lipinski definition) is 4. The zero-order valence-electron chi connectivity index (χ0n) is 13.5. The van der Waals surface area contributed by atoms with Crippen molar-refractivity contribution in [3.63, 3.8) is 0 Å². The number of nitrogens with one attached hydrogen (secondary N) is 1. The number of nitrogens with two attached hydrogens (primary N) is 1. The van der Waals surface area contributed by atoms with Crippen molar-refractivity contribution in [2.75, 3.05) is 6.54 Å². The third-order valence-electron chi connectivity index (χ3n) is 4.37. The van der Waals surface area contributed by atoms with E-state index < -0.39 is 0 Å². The Morgan fingerprint density at radius 3 is 2.67 bits per heavy atom. The van der Waals surface area contributed by atoms with Gasteiger partial charge in [-0.05, 0) is 56.0 Å². The Labute approximate surface area is 146 Å². The summed E-state index contributed by atoms with van der Waals surface area (Å²) in [6.07, 6.45) is 5.48. The fourth-order valence-corrected chi connectivity index (χ4v) is 2.85. The van der Waals surface area contributed by atoms with Crippen molar-refractivity contribution in [3.8, 4) is 11.5 Å². The first kappa shape index (κ1) is 16.7. The number of hydrogen-bond donors (Lipinski definition) is 2. The summed E-state index contributed by atoms with van der Waals surface area (Å²) in [6.45, 7) is 2.41. The lowest BCUT2D eigenvalue weighted by Gasteiger charge is -2.29. The number of pyridine rings is 1. The summed E-state index contributed by atoms with van der Waals surface area (Å²) in [4.78, 5) is 16.4. The van der Waals surface area contributed by atoms with Crippen LogP contribution in [-0.4, -0.2) is 23.0 Å². The first-order valence-corrected chi connectivity index (χ1v) is 8.29. The molecule has 1 saturated carbocycles. The molecule has 6 heteroatoms. The number of carbonyl (C=O) groups excluding carboxylic acids is 1. The van der Waals surface area contributed by atoms with Crippen molar-refractivity contribution in [3.05, 3.63) is 53.3 Å². The van der Waals surface area contributed by atoms with Gasteiger partial charge in [-0.2, -0.15) is 0 Å². The minimum absolute atomic E-state index is 0.174. The molecule has 0 bridgehead atoms. The fourth-order valence-electron chi connectivity index (χ4n) is 2.63. The lowest BCUT2D eigenvalue weighted by atomic mass is 9.95. The van der Waals surface area contributed by atoms with Gasteiger partial charge in [-0.1, -0.05) is 11.6 Å². The van der Waals surface area contributed by atoms with Crippen LogP contribution in [0, 0.1) is 5.92 Å². The van der Waals surface area contributed by atoms with Crippen LogP contribution in [-0.2, 0) is 0 Å². The maximum atomic E-state index is 12.5. The van der Waals surface area contributed by atoms with Gasteiger partial charge in [-0.3, -0.25) is 9.78 Å². The second-order valence-corrected chi connectivity index (χ2v) is 6.69. The molecule has 1 unspecified atom stereocenters. The highest BCUT2D eigenvalue weighted by Crippen LogP contribution is 2.39. The van der Waals surface area contributed by atoms with Crippen molar-refractivity contribution < 1.29 is 9.53 Å². The summed E-state index contributed by atoms with van der Waals surface area (Å²) in [6, 6.07) is 8.46. The van der Waals surface area contributed by atoms with Crippen molar-refractivity contribution in [2.24, 2.45) is 11.7 Å². The molecule has 126 valence electrons. The lowest BCUT2D eigenvalue weighted by Crippen LogP contribution is -2.53. The van der Waals surface area contributed by atoms with Crippen LogP contribution in [0.5, 0.6) is 11.5 Å². The topological polar surface area (TPSA) is 77.2 Å². The molecule has 3 rings (SSSR count). The minimum Gasteiger partial charge on any atom is -0.456 e. The monoisotopic (exact) mass is 345 g/mol. The van der Waals surface area contributed by atoms with E-state index in [1.807, 2.05) is 6.92 Å². The molecule has 1 fully saturated rings. The van der Waals surface area contributed by atoms with Crippen molar-refractivity contribution >= 4 is 17.5 Å². The Bertz CT molecular complexity index is 734. The summed E-state index contributed by atoms with van der Waals surface area (Å²) >= 11 is 6.26. The third-order valence-corrected chi connectivity index (χ3v) is 4.67. The van der Waals surface area contributed by atoms with Crippen LogP contribution in [0.4, 0.5) is 0 Å². The van der Waals surface area contributed by atoms with Gasteiger partial charge in [0.15, 0.2) is 0 Å². The molecule has 24 heavy (non-hydrogen) atoms. The summed E-state index contributed by atoms with van der Waals surface area (Å²) in [7, 11) is 0. The van der Waals surface area contributed by atoms with Gasteiger partial charge in [0.05, 0.1) is 10.6 Å². The van der Waals surface area contributed by atoms with E-state index in [2.05, 4.69) is 10.3 Å². The molecular formula is C18H20ClN3O2. The average molecular weight is 346 g/mol. The van der Waals surface area contributed by atoms with Crippen LogP contribution >= 0.6 is 11.6 Å². The van der Waals surface area contributed by atoms with Crippen molar-refractivity contribution in [1.82, 2.24) is 10.3 Å². The van der Waals surface area contributed by atoms with Gasteiger partial charge in [-0.25, -0.2) is 0 Å². The van der Waals surface area contributed by atoms with E-state index in [0.717, 1.165) is 12.8 Å². The number of aromatic nitrogens is 1. The first-order valence-electron chi connectivity index (χ1n) is 7.92. The quantitative estimate of drug-likeness (QED) is 0.841. The van der Waals surface area contributed by atoms with Crippen molar-refractivity contribution in [1.29, 1.82) is 0 Å². The van der Waals surface area contributed by atoms with E-state index in [1.54, 1.807) is 42.7 Å². The second kappa shape index (κ2) is 6.79. The zero-order chi connectivity index (χ0) is 17.2. The van der Waals surface area contributed by atoms with Crippen LogP contribution in [0.25, 0.3) is 0 Å². The zero-order valence-corrected chi connectivity index (χ0v) is 14.2. The lowest BCUT2D eigenvalue weighted by molar-refractivity contribution is 0.0898. The van der Waals surface area contributed by atoms with Crippen LogP contribution < -0.4 is 15.8 Å². The summed E-state index contributed by atoms with van der Waals surface area (Å²) < 4.78 is 5.69. The number of amides is 1. The van der Waals surface area contributed by atoms with Crippen LogP contribution in [0.3, 0.4) is 0 Å². The number of benzene rings is 1. The van der Waals surface area contributed by atoms with Gasteiger partial charge >= 0.3 is 0 Å². The number of nitrogens with zero attached hydrogens (tertiary/aromatic N) is 1. The summed E-state index contributed by atoms with van der Waals surface area (Å²) in [5.74, 6) is 1.40. The van der Waals surface area contributed by atoms with E-state index in [0.29, 0.717) is 34.5 Å². The van der Waals surface area contributed by atoms with Crippen LogP contribution in [0.1, 0.15) is 30.1 Å². The van der Waals surface area contributed by atoms with Gasteiger partial charge in [0.2, 0.25) is 0 Å². The number of halogens is 1. The molecule has 2 aromatic rings. The maximum Gasteiger partial charge on any atom is 0.251 e. The standard InChI is InChI=1S/C18H20ClN3O2/c1-18(11-20,13-3-4-13)22-17(23)12-2-5-16(15(19)10-12)24-14-6-8-21-9-7-14/h2,5-10,13H,3-4,11,20H2,1H3,(H,22,23). The predicted octanol–water partition coefficient (Wildman–Crippen LogP) is 3.38. The molecule has 1 aromatic heterocycles. The van der Waals surface area contributed by atoms with Gasteiger partial charge < -0.3 is 15.8 Å². The third kappa shape index (κ3) is 3.68. The SMILES string of the molecule is CC(CN)(NC(=O)c1ccc(Oc2ccncc2)c(Cl)c1)C1CC1. The Kier molecular flexibility index (Phi) is 4.73.